The highest BCUT2D eigenvalue weighted by Crippen LogP contribution is 2.38. The number of ether oxygens (including phenoxy) is 1. The molecular formula is C23H33N3O4. The lowest BCUT2D eigenvalue weighted by atomic mass is 9.73. The van der Waals surface area contributed by atoms with Crippen LogP contribution in [0.2, 0.25) is 0 Å². The highest BCUT2D eigenvalue weighted by molar-refractivity contribution is 6.01. The number of nitrogens with one attached hydrogen (secondary N) is 2. The predicted molar refractivity (Wildman–Crippen MR) is 115 cm³/mol. The number of anilines is 1. The quantitative estimate of drug-likeness (QED) is 0.635. The molecule has 7 nitrogen and oxygen atoms in total. The van der Waals surface area contributed by atoms with Crippen molar-refractivity contribution in [3.63, 3.8) is 0 Å². The van der Waals surface area contributed by atoms with Crippen molar-refractivity contribution in [3.05, 3.63) is 29.8 Å². The number of hydrogen-bond acceptors (Lipinski definition) is 5. The number of imide groups is 1. The van der Waals surface area contributed by atoms with E-state index < -0.39 is 6.09 Å². The van der Waals surface area contributed by atoms with Crippen LogP contribution in [0.25, 0.3) is 0 Å². The molecular weight excluding hydrogens is 382 g/mol. The van der Waals surface area contributed by atoms with E-state index in [1.165, 1.54) is 0 Å². The molecule has 1 heterocycles. The molecule has 1 aromatic rings. The molecule has 0 spiro atoms. The van der Waals surface area contributed by atoms with Gasteiger partial charge in [0.25, 0.3) is 0 Å². The van der Waals surface area contributed by atoms with Gasteiger partial charge < -0.3 is 15.8 Å². The van der Waals surface area contributed by atoms with E-state index in [0.717, 1.165) is 36.9 Å². The summed E-state index contributed by atoms with van der Waals surface area (Å²) in [5.74, 6) is -0.396. The Hall–Kier alpha value is -2.57. The fourth-order valence-corrected chi connectivity index (χ4v) is 4.76. The number of benzene rings is 1. The van der Waals surface area contributed by atoms with Crippen LogP contribution in [0.5, 0.6) is 0 Å². The summed E-state index contributed by atoms with van der Waals surface area (Å²) < 4.78 is 5.46. The first kappa shape index (κ1) is 22.1. The summed E-state index contributed by atoms with van der Waals surface area (Å²) in [7, 11) is 0. The van der Waals surface area contributed by atoms with Crippen molar-refractivity contribution in [2.24, 2.45) is 17.1 Å². The molecule has 2 aliphatic rings. The summed E-state index contributed by atoms with van der Waals surface area (Å²) in [6.07, 6.45) is 3.89. The maximum atomic E-state index is 12.2. The van der Waals surface area contributed by atoms with E-state index >= 15 is 0 Å². The van der Waals surface area contributed by atoms with Gasteiger partial charge in [0.15, 0.2) is 0 Å². The summed E-state index contributed by atoms with van der Waals surface area (Å²) >= 11 is 0. The molecule has 3 amide bonds. The van der Waals surface area contributed by atoms with E-state index in [1.807, 2.05) is 24.3 Å². The van der Waals surface area contributed by atoms with E-state index in [-0.39, 0.29) is 29.3 Å². The largest absolute Gasteiger partial charge is 0.446 e. The summed E-state index contributed by atoms with van der Waals surface area (Å²) in [6.45, 7) is 6.22. The Bertz CT molecular complexity index is 794. The third-order valence-corrected chi connectivity index (χ3v) is 6.20. The molecule has 2 fully saturated rings. The van der Waals surface area contributed by atoms with Crippen LogP contribution in [-0.2, 0) is 14.3 Å². The van der Waals surface area contributed by atoms with Crippen LogP contribution in [0.15, 0.2) is 24.3 Å². The van der Waals surface area contributed by atoms with Crippen LogP contribution in [0.3, 0.4) is 0 Å². The Kier molecular flexibility index (Phi) is 6.68. The number of carbonyl (C=O) groups excluding carboxylic acids is 3. The zero-order valence-electron chi connectivity index (χ0n) is 18.1. The SMILES string of the molecule is CC(C)(C)[C@H](OC(N)=O)C1CCC(Nc2cccc([C@H]3CCC(=O)NC3=O)c2)CC1. The van der Waals surface area contributed by atoms with Gasteiger partial charge in [0.2, 0.25) is 11.8 Å². The average Bonchev–Trinajstić information content (AvgIpc) is 2.66. The molecule has 3 rings (SSSR count). The van der Waals surface area contributed by atoms with Crippen molar-refractivity contribution >= 4 is 23.6 Å². The van der Waals surface area contributed by atoms with Crippen molar-refractivity contribution in [3.8, 4) is 0 Å². The van der Waals surface area contributed by atoms with Crippen LogP contribution < -0.4 is 16.4 Å². The standard InChI is InChI=1S/C23H33N3O4/c1-23(2,3)20(30-22(24)29)14-7-9-16(10-8-14)25-17-6-4-5-15(13-17)18-11-12-19(27)26-21(18)28/h4-6,13-14,16,18,20,25H,7-12H2,1-3H3,(H2,24,29)(H,26,27,28)/t14?,16?,18-,20-/m1/s1. The Morgan fingerprint density at radius 2 is 1.87 bits per heavy atom. The van der Waals surface area contributed by atoms with Gasteiger partial charge in [-0.05, 0) is 61.1 Å². The van der Waals surface area contributed by atoms with E-state index in [4.69, 9.17) is 10.5 Å². The van der Waals surface area contributed by atoms with E-state index in [9.17, 15) is 14.4 Å². The number of carbonyl (C=O) groups is 3. The smallest absolute Gasteiger partial charge is 0.404 e. The molecule has 1 aliphatic heterocycles. The minimum absolute atomic E-state index is 0.157. The minimum Gasteiger partial charge on any atom is -0.446 e. The van der Waals surface area contributed by atoms with E-state index in [0.29, 0.717) is 24.8 Å². The molecule has 1 saturated heterocycles. The third kappa shape index (κ3) is 5.52. The summed E-state index contributed by atoms with van der Waals surface area (Å²) in [6, 6.07) is 8.24. The second-order valence-corrected chi connectivity index (χ2v) is 9.61. The predicted octanol–water partition coefficient (Wildman–Crippen LogP) is 3.69. The second-order valence-electron chi connectivity index (χ2n) is 9.61. The second kappa shape index (κ2) is 9.06. The third-order valence-electron chi connectivity index (χ3n) is 6.20. The van der Waals surface area contributed by atoms with Gasteiger partial charge in [-0.25, -0.2) is 4.79 Å². The van der Waals surface area contributed by atoms with Crippen LogP contribution >= 0.6 is 0 Å². The topological polar surface area (TPSA) is 111 Å². The molecule has 1 saturated carbocycles. The lowest BCUT2D eigenvalue weighted by molar-refractivity contribution is -0.134. The molecule has 0 bridgehead atoms. The van der Waals surface area contributed by atoms with Gasteiger partial charge >= 0.3 is 6.09 Å². The highest BCUT2D eigenvalue weighted by Gasteiger charge is 2.37. The first-order valence-corrected chi connectivity index (χ1v) is 10.8. The number of nitrogens with two attached hydrogens (primary N) is 1. The fourth-order valence-electron chi connectivity index (χ4n) is 4.76. The number of rotatable bonds is 5. The number of piperidine rings is 1. The molecule has 1 aromatic carbocycles. The highest BCUT2D eigenvalue weighted by atomic mass is 16.6. The average molecular weight is 416 g/mol. The van der Waals surface area contributed by atoms with E-state index in [1.54, 1.807) is 0 Å². The molecule has 0 radical (unpaired) electrons. The van der Waals surface area contributed by atoms with Crippen LogP contribution in [0.4, 0.5) is 10.5 Å². The first-order valence-electron chi connectivity index (χ1n) is 10.8. The van der Waals surface area contributed by atoms with Crippen LogP contribution in [-0.4, -0.2) is 30.1 Å². The molecule has 30 heavy (non-hydrogen) atoms. The molecule has 4 N–H and O–H groups in total. The number of amides is 3. The Balaban J connectivity index is 1.59. The molecule has 1 aliphatic carbocycles. The Morgan fingerprint density at radius 3 is 2.47 bits per heavy atom. The molecule has 0 unspecified atom stereocenters. The molecule has 7 heteroatoms. The van der Waals surface area contributed by atoms with Gasteiger partial charge in [0.1, 0.15) is 6.10 Å². The summed E-state index contributed by atoms with van der Waals surface area (Å²) in [4.78, 5) is 34.9. The first-order chi connectivity index (χ1) is 14.1. The van der Waals surface area contributed by atoms with Crippen molar-refractivity contribution in [2.75, 3.05) is 5.32 Å². The van der Waals surface area contributed by atoms with Gasteiger partial charge in [-0.15, -0.1) is 0 Å². The van der Waals surface area contributed by atoms with Crippen LogP contribution in [0, 0.1) is 11.3 Å². The van der Waals surface area contributed by atoms with Crippen molar-refractivity contribution < 1.29 is 19.1 Å². The van der Waals surface area contributed by atoms with Gasteiger partial charge in [0.05, 0.1) is 5.92 Å². The van der Waals surface area contributed by atoms with Gasteiger partial charge in [-0.1, -0.05) is 32.9 Å². The Morgan fingerprint density at radius 1 is 1.17 bits per heavy atom. The van der Waals surface area contributed by atoms with Gasteiger partial charge in [-0.2, -0.15) is 0 Å². The molecule has 164 valence electrons. The van der Waals surface area contributed by atoms with Gasteiger partial charge in [0, 0.05) is 18.2 Å². The monoisotopic (exact) mass is 415 g/mol. The van der Waals surface area contributed by atoms with Crippen molar-refractivity contribution in [2.45, 2.75) is 77.4 Å². The fraction of sp³-hybridized carbons (Fsp3) is 0.609. The lowest BCUT2D eigenvalue weighted by Crippen LogP contribution is -2.42. The van der Waals surface area contributed by atoms with Crippen molar-refractivity contribution in [1.82, 2.24) is 5.32 Å². The van der Waals surface area contributed by atoms with Crippen LogP contribution in [0.1, 0.15) is 70.8 Å². The summed E-state index contributed by atoms with van der Waals surface area (Å²) in [5.41, 5.74) is 7.06. The number of hydrogen-bond donors (Lipinski definition) is 3. The minimum atomic E-state index is -0.708. The maximum absolute atomic E-state index is 12.2. The van der Waals surface area contributed by atoms with Crippen molar-refractivity contribution in [1.29, 1.82) is 0 Å². The molecule has 2 atom stereocenters. The molecule has 0 aromatic heterocycles. The maximum Gasteiger partial charge on any atom is 0.404 e. The zero-order chi connectivity index (χ0) is 21.9. The summed E-state index contributed by atoms with van der Waals surface area (Å²) in [5, 5.41) is 6.02. The normalized spacial score (nSPS) is 25.9. The Labute approximate surface area is 178 Å². The number of primary amides is 1. The zero-order valence-corrected chi connectivity index (χ0v) is 18.1. The van der Waals surface area contributed by atoms with Gasteiger partial charge in [-0.3, -0.25) is 14.9 Å². The van der Waals surface area contributed by atoms with E-state index in [2.05, 4.69) is 31.4 Å². The lowest BCUT2D eigenvalue weighted by Gasteiger charge is -2.39.